The van der Waals surface area contributed by atoms with Crippen molar-refractivity contribution < 1.29 is 9.53 Å². The maximum Gasteiger partial charge on any atom is 0.222 e. The van der Waals surface area contributed by atoms with Gasteiger partial charge in [-0.25, -0.2) is 0 Å². The Morgan fingerprint density at radius 1 is 1.15 bits per heavy atom. The first-order valence-electron chi connectivity index (χ1n) is 7.85. The van der Waals surface area contributed by atoms with Gasteiger partial charge >= 0.3 is 0 Å². The summed E-state index contributed by atoms with van der Waals surface area (Å²) in [5.41, 5.74) is 0. The van der Waals surface area contributed by atoms with E-state index in [1.165, 1.54) is 0 Å². The van der Waals surface area contributed by atoms with Crippen LogP contribution < -0.4 is 5.32 Å². The van der Waals surface area contributed by atoms with E-state index in [0.717, 1.165) is 77.4 Å². The van der Waals surface area contributed by atoms with E-state index >= 15 is 0 Å². The van der Waals surface area contributed by atoms with Gasteiger partial charge in [0.15, 0.2) is 0 Å². The van der Waals surface area contributed by atoms with E-state index in [0.29, 0.717) is 11.8 Å². The molecule has 2 aliphatic heterocycles. The Bertz CT molecular complexity index is 275. The van der Waals surface area contributed by atoms with Gasteiger partial charge in [0.1, 0.15) is 0 Å². The van der Waals surface area contributed by atoms with Gasteiger partial charge in [0.25, 0.3) is 0 Å². The molecular weight excluding hydrogens is 276 g/mol. The van der Waals surface area contributed by atoms with E-state index in [2.05, 4.69) is 17.1 Å². The number of amides is 1. The van der Waals surface area contributed by atoms with Crippen LogP contribution in [0.4, 0.5) is 0 Å². The van der Waals surface area contributed by atoms with Crippen LogP contribution in [0.2, 0.25) is 0 Å². The number of carbonyl (C=O) groups is 1. The largest absolute Gasteiger partial charge is 0.381 e. The van der Waals surface area contributed by atoms with E-state index in [9.17, 15) is 4.79 Å². The molecule has 2 rings (SSSR count). The monoisotopic (exact) mass is 304 g/mol. The fourth-order valence-electron chi connectivity index (χ4n) is 3.06. The summed E-state index contributed by atoms with van der Waals surface area (Å²) in [5.74, 6) is 1.68. The van der Waals surface area contributed by atoms with Crippen LogP contribution in [0.1, 0.15) is 39.0 Å². The number of likely N-dealkylation sites (tertiary alicyclic amines) is 1. The van der Waals surface area contributed by atoms with Crippen LogP contribution in [0.5, 0.6) is 0 Å². The molecule has 0 aromatic heterocycles. The number of piperidine rings is 1. The Morgan fingerprint density at radius 2 is 1.80 bits per heavy atom. The van der Waals surface area contributed by atoms with Crippen LogP contribution in [-0.2, 0) is 9.53 Å². The van der Waals surface area contributed by atoms with Crippen LogP contribution in [0.15, 0.2) is 0 Å². The molecule has 0 bridgehead atoms. The molecule has 20 heavy (non-hydrogen) atoms. The third-order valence-corrected chi connectivity index (χ3v) is 4.45. The molecule has 0 aromatic rings. The minimum absolute atomic E-state index is 0. The average molecular weight is 305 g/mol. The van der Waals surface area contributed by atoms with Crippen molar-refractivity contribution in [2.45, 2.75) is 39.0 Å². The van der Waals surface area contributed by atoms with E-state index in [-0.39, 0.29) is 12.4 Å². The second-order valence-electron chi connectivity index (χ2n) is 5.89. The van der Waals surface area contributed by atoms with Crippen LogP contribution in [0, 0.1) is 11.8 Å². The molecule has 1 N–H and O–H groups in total. The van der Waals surface area contributed by atoms with E-state index in [1.807, 2.05) is 0 Å². The first-order chi connectivity index (χ1) is 9.29. The van der Waals surface area contributed by atoms with Crippen molar-refractivity contribution in [1.82, 2.24) is 10.2 Å². The van der Waals surface area contributed by atoms with Crippen molar-refractivity contribution in [3.63, 3.8) is 0 Å². The van der Waals surface area contributed by atoms with Crippen molar-refractivity contribution >= 4 is 18.3 Å². The van der Waals surface area contributed by atoms with E-state index in [4.69, 9.17) is 4.74 Å². The van der Waals surface area contributed by atoms with Crippen LogP contribution in [0.25, 0.3) is 0 Å². The summed E-state index contributed by atoms with van der Waals surface area (Å²) in [7, 11) is 0. The highest BCUT2D eigenvalue weighted by atomic mass is 35.5. The summed E-state index contributed by atoms with van der Waals surface area (Å²) in [6.07, 6.45) is 5.17. The summed E-state index contributed by atoms with van der Waals surface area (Å²) >= 11 is 0. The highest BCUT2D eigenvalue weighted by molar-refractivity contribution is 5.85. The molecule has 2 aliphatic rings. The minimum Gasteiger partial charge on any atom is -0.381 e. The Balaban J connectivity index is 0.00000200. The van der Waals surface area contributed by atoms with Gasteiger partial charge in [-0.15, -0.1) is 12.4 Å². The number of hydrogen-bond acceptors (Lipinski definition) is 3. The van der Waals surface area contributed by atoms with Crippen molar-refractivity contribution in [3.8, 4) is 0 Å². The van der Waals surface area contributed by atoms with Gasteiger partial charge in [-0.3, -0.25) is 4.79 Å². The molecule has 0 saturated carbocycles. The molecule has 118 valence electrons. The molecular formula is C15H29ClN2O2. The maximum atomic E-state index is 12.3. The molecule has 2 heterocycles. The minimum atomic E-state index is 0. The van der Waals surface area contributed by atoms with Gasteiger partial charge in [0, 0.05) is 32.7 Å². The Labute approximate surface area is 129 Å². The van der Waals surface area contributed by atoms with Gasteiger partial charge in [-0.2, -0.15) is 0 Å². The average Bonchev–Trinajstić information content (AvgIpc) is 2.46. The Hall–Kier alpha value is -0.320. The molecule has 4 nitrogen and oxygen atoms in total. The summed E-state index contributed by atoms with van der Waals surface area (Å²) in [4.78, 5) is 14.3. The van der Waals surface area contributed by atoms with Gasteiger partial charge in [-0.05, 0) is 50.6 Å². The lowest BCUT2D eigenvalue weighted by Crippen LogP contribution is -2.41. The molecule has 0 aromatic carbocycles. The second kappa shape index (κ2) is 9.59. The van der Waals surface area contributed by atoms with Crippen LogP contribution >= 0.6 is 12.4 Å². The van der Waals surface area contributed by atoms with Gasteiger partial charge in [0.2, 0.25) is 5.91 Å². The zero-order valence-corrected chi connectivity index (χ0v) is 13.4. The SMILES string of the molecule is CCNCC1CCN(C(=O)CC2CCOCC2)CC1.Cl. The van der Waals surface area contributed by atoms with Gasteiger partial charge < -0.3 is 15.0 Å². The highest BCUT2D eigenvalue weighted by Crippen LogP contribution is 2.22. The summed E-state index contributed by atoms with van der Waals surface area (Å²) in [5, 5.41) is 3.41. The van der Waals surface area contributed by atoms with E-state index in [1.54, 1.807) is 0 Å². The topological polar surface area (TPSA) is 41.6 Å². The van der Waals surface area contributed by atoms with Crippen molar-refractivity contribution in [3.05, 3.63) is 0 Å². The Kier molecular flexibility index (Phi) is 8.50. The lowest BCUT2D eigenvalue weighted by Gasteiger charge is -2.33. The van der Waals surface area contributed by atoms with Crippen molar-refractivity contribution in [1.29, 1.82) is 0 Å². The lowest BCUT2D eigenvalue weighted by molar-refractivity contribution is -0.134. The number of nitrogens with one attached hydrogen (secondary N) is 1. The second-order valence-corrected chi connectivity index (χ2v) is 5.89. The zero-order valence-electron chi connectivity index (χ0n) is 12.6. The molecule has 0 atom stereocenters. The lowest BCUT2D eigenvalue weighted by atomic mass is 9.93. The molecule has 1 amide bonds. The maximum absolute atomic E-state index is 12.3. The van der Waals surface area contributed by atoms with Crippen molar-refractivity contribution in [2.24, 2.45) is 11.8 Å². The predicted molar refractivity (Wildman–Crippen MR) is 83.3 cm³/mol. The molecule has 2 saturated heterocycles. The Morgan fingerprint density at radius 3 is 2.40 bits per heavy atom. The van der Waals surface area contributed by atoms with E-state index < -0.39 is 0 Å². The first kappa shape index (κ1) is 17.7. The summed E-state index contributed by atoms with van der Waals surface area (Å²) < 4.78 is 5.35. The van der Waals surface area contributed by atoms with Crippen molar-refractivity contribution in [2.75, 3.05) is 39.4 Å². The molecule has 0 radical (unpaired) electrons. The number of ether oxygens (including phenoxy) is 1. The number of rotatable bonds is 5. The fourth-order valence-corrected chi connectivity index (χ4v) is 3.06. The summed E-state index contributed by atoms with van der Waals surface area (Å²) in [6, 6.07) is 0. The predicted octanol–water partition coefficient (Wildman–Crippen LogP) is 2.07. The summed E-state index contributed by atoms with van der Waals surface area (Å²) in [6.45, 7) is 7.88. The normalized spacial score (nSPS) is 21.6. The van der Waals surface area contributed by atoms with Crippen LogP contribution in [-0.4, -0.2) is 50.2 Å². The fraction of sp³-hybridized carbons (Fsp3) is 0.933. The first-order valence-corrected chi connectivity index (χ1v) is 7.85. The molecule has 0 unspecified atom stereocenters. The van der Waals surface area contributed by atoms with Gasteiger partial charge in [0.05, 0.1) is 0 Å². The molecule has 0 spiro atoms. The number of carbonyl (C=O) groups excluding carboxylic acids is 1. The third-order valence-electron chi connectivity index (χ3n) is 4.45. The standard InChI is InChI=1S/C15H28N2O2.ClH/c1-2-16-12-14-3-7-17(8-4-14)15(18)11-13-5-9-19-10-6-13;/h13-14,16H,2-12H2,1H3;1H. The third kappa shape index (κ3) is 5.58. The number of hydrogen-bond donors (Lipinski definition) is 1. The zero-order chi connectivity index (χ0) is 13.5. The highest BCUT2D eigenvalue weighted by Gasteiger charge is 2.25. The number of nitrogens with zero attached hydrogens (tertiary/aromatic N) is 1. The molecule has 2 fully saturated rings. The molecule has 5 heteroatoms. The smallest absolute Gasteiger partial charge is 0.222 e. The van der Waals surface area contributed by atoms with Crippen LogP contribution in [0.3, 0.4) is 0 Å². The number of halogens is 1. The quantitative estimate of drug-likeness (QED) is 0.845. The molecule has 0 aliphatic carbocycles. The van der Waals surface area contributed by atoms with Gasteiger partial charge in [-0.1, -0.05) is 6.92 Å².